The second-order valence-corrected chi connectivity index (χ2v) is 4.90. The lowest BCUT2D eigenvalue weighted by Crippen LogP contribution is -1.98. The van der Waals surface area contributed by atoms with Crippen molar-refractivity contribution in [3.8, 4) is 5.75 Å². The van der Waals surface area contributed by atoms with Gasteiger partial charge in [-0.3, -0.25) is 14.8 Å². The number of aryl methyl sites for hydroxylation is 2. The number of hydrogen-bond acceptors (Lipinski definition) is 4. The van der Waals surface area contributed by atoms with E-state index in [9.17, 15) is 10.1 Å². The Hall–Kier alpha value is -1.79. The van der Waals surface area contributed by atoms with Crippen LogP contribution >= 0.6 is 23.2 Å². The maximum Gasteiger partial charge on any atom is 0.288 e. The third-order valence-corrected chi connectivity index (χ3v) is 3.54. The fourth-order valence-corrected chi connectivity index (χ4v) is 2.19. The molecule has 20 heavy (non-hydrogen) atoms. The summed E-state index contributed by atoms with van der Waals surface area (Å²) in [4.78, 5) is 10.1. The predicted molar refractivity (Wildman–Crippen MR) is 75.4 cm³/mol. The molecule has 106 valence electrons. The molecular formula is C12H11Cl2N3O3. The molecule has 0 bridgehead atoms. The van der Waals surface area contributed by atoms with E-state index in [0.29, 0.717) is 10.9 Å². The van der Waals surface area contributed by atoms with Crippen molar-refractivity contribution < 1.29 is 9.66 Å². The summed E-state index contributed by atoms with van der Waals surface area (Å²) in [7, 11) is 1.74. The Balaban J connectivity index is 2.15. The summed E-state index contributed by atoms with van der Waals surface area (Å²) in [5.41, 5.74) is 1.38. The maximum atomic E-state index is 10.7. The number of nitro benzene ring substituents is 1. The molecule has 0 N–H and O–H groups in total. The van der Waals surface area contributed by atoms with Crippen molar-refractivity contribution in [2.45, 2.75) is 13.5 Å². The molecule has 0 unspecified atom stereocenters. The van der Waals surface area contributed by atoms with Crippen LogP contribution in [0, 0.1) is 17.0 Å². The smallest absolute Gasteiger partial charge is 0.288 e. The molecule has 0 saturated heterocycles. The van der Waals surface area contributed by atoms with E-state index in [1.165, 1.54) is 18.2 Å². The third kappa shape index (κ3) is 2.86. The quantitative estimate of drug-likeness (QED) is 0.639. The molecule has 6 nitrogen and oxygen atoms in total. The first-order chi connectivity index (χ1) is 9.40. The number of ether oxygens (including phenoxy) is 1. The number of aromatic nitrogens is 2. The molecule has 0 amide bonds. The molecule has 1 aromatic carbocycles. The fourth-order valence-electron chi connectivity index (χ4n) is 1.72. The first-order valence-electron chi connectivity index (χ1n) is 5.65. The zero-order valence-corrected chi connectivity index (χ0v) is 12.3. The number of rotatable bonds is 4. The summed E-state index contributed by atoms with van der Waals surface area (Å²) in [6.45, 7) is 2.04. The normalized spacial score (nSPS) is 10.6. The van der Waals surface area contributed by atoms with Gasteiger partial charge in [0.2, 0.25) is 0 Å². The van der Waals surface area contributed by atoms with Crippen molar-refractivity contribution in [2.75, 3.05) is 0 Å². The number of nitrogens with zero attached hydrogens (tertiary/aromatic N) is 3. The molecule has 2 aromatic rings. The van der Waals surface area contributed by atoms with Crippen LogP contribution in [-0.4, -0.2) is 14.7 Å². The van der Waals surface area contributed by atoms with Gasteiger partial charge < -0.3 is 4.74 Å². The van der Waals surface area contributed by atoms with Crippen LogP contribution in [0.4, 0.5) is 5.69 Å². The molecule has 2 rings (SSSR count). The Kier molecular flexibility index (Phi) is 4.15. The molecule has 1 aromatic heterocycles. The molecule has 0 atom stereocenters. The molecule has 0 aliphatic heterocycles. The van der Waals surface area contributed by atoms with E-state index in [-0.39, 0.29) is 17.3 Å². The number of benzene rings is 1. The van der Waals surface area contributed by atoms with Gasteiger partial charge in [0.15, 0.2) is 0 Å². The second-order valence-electron chi connectivity index (χ2n) is 4.14. The average Bonchev–Trinajstić information content (AvgIpc) is 2.61. The van der Waals surface area contributed by atoms with Gasteiger partial charge in [-0.05, 0) is 13.0 Å². The van der Waals surface area contributed by atoms with E-state index in [2.05, 4.69) is 5.10 Å². The first kappa shape index (κ1) is 14.6. The monoisotopic (exact) mass is 315 g/mol. The Labute approximate surface area is 125 Å². The van der Waals surface area contributed by atoms with Crippen molar-refractivity contribution in [3.63, 3.8) is 0 Å². The van der Waals surface area contributed by atoms with Crippen molar-refractivity contribution in [3.05, 3.63) is 49.7 Å². The highest BCUT2D eigenvalue weighted by atomic mass is 35.5. The van der Waals surface area contributed by atoms with Crippen LogP contribution in [0.1, 0.15) is 11.3 Å². The van der Waals surface area contributed by atoms with Gasteiger partial charge in [-0.25, -0.2) is 0 Å². The van der Waals surface area contributed by atoms with Crippen molar-refractivity contribution in [1.29, 1.82) is 0 Å². The Morgan fingerprint density at radius 3 is 2.65 bits per heavy atom. The molecule has 0 aliphatic rings. The van der Waals surface area contributed by atoms with Gasteiger partial charge in [0, 0.05) is 24.7 Å². The molecule has 0 spiro atoms. The second kappa shape index (κ2) is 5.68. The highest BCUT2D eigenvalue weighted by molar-refractivity contribution is 6.32. The lowest BCUT2D eigenvalue weighted by Gasteiger charge is -2.06. The number of halogens is 2. The SMILES string of the molecule is Cc1nn(C)c(Cl)c1COc1ccc([N+](=O)[O-])c(Cl)c1. The minimum absolute atomic E-state index is 0.0292. The van der Waals surface area contributed by atoms with Gasteiger partial charge in [-0.1, -0.05) is 23.2 Å². The minimum atomic E-state index is -0.547. The van der Waals surface area contributed by atoms with Gasteiger partial charge in [0.05, 0.1) is 10.6 Å². The number of nitro groups is 1. The van der Waals surface area contributed by atoms with E-state index in [1.807, 2.05) is 6.92 Å². The zero-order chi connectivity index (χ0) is 14.9. The lowest BCUT2D eigenvalue weighted by molar-refractivity contribution is -0.384. The van der Waals surface area contributed by atoms with Gasteiger partial charge >= 0.3 is 0 Å². The Morgan fingerprint density at radius 2 is 2.15 bits per heavy atom. The van der Waals surface area contributed by atoms with E-state index >= 15 is 0 Å². The van der Waals surface area contributed by atoms with E-state index in [4.69, 9.17) is 27.9 Å². The van der Waals surface area contributed by atoms with Crippen LogP contribution in [0.15, 0.2) is 18.2 Å². The standard InChI is InChI=1S/C12H11Cl2N3O3/c1-7-9(12(14)16(2)15-7)6-20-8-3-4-11(17(18)19)10(13)5-8/h3-5H,6H2,1-2H3. The van der Waals surface area contributed by atoms with Crippen LogP contribution < -0.4 is 4.74 Å². The van der Waals surface area contributed by atoms with Crippen molar-refractivity contribution >= 4 is 28.9 Å². The fraction of sp³-hybridized carbons (Fsp3) is 0.250. The molecule has 0 aliphatic carbocycles. The van der Waals surface area contributed by atoms with Gasteiger partial charge in [-0.2, -0.15) is 5.10 Å². The van der Waals surface area contributed by atoms with Crippen LogP contribution in [0.5, 0.6) is 5.75 Å². The van der Waals surface area contributed by atoms with Crippen molar-refractivity contribution in [2.24, 2.45) is 7.05 Å². The average molecular weight is 316 g/mol. The largest absolute Gasteiger partial charge is 0.489 e. The van der Waals surface area contributed by atoms with E-state index in [0.717, 1.165) is 11.3 Å². The first-order valence-corrected chi connectivity index (χ1v) is 6.40. The molecule has 0 radical (unpaired) electrons. The highest BCUT2D eigenvalue weighted by Crippen LogP contribution is 2.29. The Morgan fingerprint density at radius 1 is 1.45 bits per heavy atom. The molecule has 1 heterocycles. The van der Waals surface area contributed by atoms with Crippen molar-refractivity contribution in [1.82, 2.24) is 9.78 Å². The number of hydrogen-bond donors (Lipinski definition) is 0. The summed E-state index contributed by atoms with van der Waals surface area (Å²) >= 11 is 11.9. The van der Waals surface area contributed by atoms with Gasteiger partial charge in [0.1, 0.15) is 22.5 Å². The lowest BCUT2D eigenvalue weighted by atomic mass is 10.3. The van der Waals surface area contributed by atoms with Gasteiger partial charge in [-0.15, -0.1) is 0 Å². The molecule has 0 fully saturated rings. The summed E-state index contributed by atoms with van der Waals surface area (Å²) < 4.78 is 7.09. The summed E-state index contributed by atoms with van der Waals surface area (Å²) in [6.07, 6.45) is 0. The maximum absolute atomic E-state index is 10.7. The highest BCUT2D eigenvalue weighted by Gasteiger charge is 2.14. The Bertz CT molecular complexity index is 670. The van der Waals surface area contributed by atoms with E-state index < -0.39 is 4.92 Å². The zero-order valence-electron chi connectivity index (χ0n) is 10.8. The molecule has 8 heteroatoms. The van der Waals surface area contributed by atoms with Crippen LogP contribution in [0.2, 0.25) is 10.2 Å². The topological polar surface area (TPSA) is 70.2 Å². The van der Waals surface area contributed by atoms with Crippen LogP contribution in [0.25, 0.3) is 0 Å². The molecular weight excluding hydrogens is 305 g/mol. The minimum Gasteiger partial charge on any atom is -0.489 e. The van der Waals surface area contributed by atoms with Crippen LogP contribution in [0.3, 0.4) is 0 Å². The summed E-state index contributed by atoms with van der Waals surface area (Å²) in [5, 5.41) is 15.3. The third-order valence-electron chi connectivity index (χ3n) is 2.77. The predicted octanol–water partition coefficient (Wildman–Crippen LogP) is 3.52. The van der Waals surface area contributed by atoms with E-state index in [1.54, 1.807) is 11.7 Å². The van der Waals surface area contributed by atoms with Gasteiger partial charge in [0.25, 0.3) is 5.69 Å². The summed E-state index contributed by atoms with van der Waals surface area (Å²) in [6, 6.07) is 4.19. The molecule has 0 saturated carbocycles. The van der Waals surface area contributed by atoms with Crippen LogP contribution in [-0.2, 0) is 13.7 Å². The summed E-state index contributed by atoms with van der Waals surface area (Å²) in [5.74, 6) is 0.430.